The molecule has 1 aliphatic carbocycles. The fourth-order valence-corrected chi connectivity index (χ4v) is 6.05. The van der Waals surface area contributed by atoms with E-state index in [4.69, 9.17) is 4.74 Å². The number of carbonyl (C=O) groups excluding carboxylic acids is 1. The molecule has 2 aromatic rings. The lowest BCUT2D eigenvalue weighted by Gasteiger charge is -2.52. The van der Waals surface area contributed by atoms with E-state index in [2.05, 4.69) is 19.2 Å². The molecule has 33 heavy (non-hydrogen) atoms. The van der Waals surface area contributed by atoms with Gasteiger partial charge in [-0.05, 0) is 61.1 Å². The van der Waals surface area contributed by atoms with E-state index in [-0.39, 0.29) is 41.2 Å². The first-order valence-electron chi connectivity index (χ1n) is 11.5. The Hall–Kier alpha value is -2.25. The van der Waals surface area contributed by atoms with Gasteiger partial charge in [0.05, 0.1) is 23.5 Å². The van der Waals surface area contributed by atoms with Gasteiger partial charge in [0, 0.05) is 24.1 Å². The summed E-state index contributed by atoms with van der Waals surface area (Å²) in [6.45, 7) is 4.33. The van der Waals surface area contributed by atoms with Crippen LogP contribution in [0.1, 0.15) is 56.8 Å². The molecule has 4 rings (SSSR count). The lowest BCUT2D eigenvalue weighted by atomic mass is 9.66. The Morgan fingerprint density at radius 2 is 1.79 bits per heavy atom. The van der Waals surface area contributed by atoms with E-state index in [9.17, 15) is 17.6 Å². The highest BCUT2D eigenvalue weighted by molar-refractivity contribution is 7.90. The highest BCUT2D eigenvalue weighted by Crippen LogP contribution is 2.48. The quantitative estimate of drug-likeness (QED) is 0.688. The van der Waals surface area contributed by atoms with Gasteiger partial charge in [-0.1, -0.05) is 37.6 Å². The molecular formula is C26H32FNO4S. The molecule has 1 aliphatic heterocycles. The molecule has 5 nitrogen and oxygen atoms in total. The zero-order valence-electron chi connectivity index (χ0n) is 19.4. The summed E-state index contributed by atoms with van der Waals surface area (Å²) in [7, 11) is -3.27. The minimum atomic E-state index is -3.27. The Labute approximate surface area is 195 Å². The second kappa shape index (κ2) is 9.18. The molecule has 5 atom stereocenters. The Kier molecular flexibility index (Phi) is 6.65. The van der Waals surface area contributed by atoms with Gasteiger partial charge in [0.25, 0.3) is 0 Å². The van der Waals surface area contributed by atoms with Crippen LogP contribution in [-0.2, 0) is 25.8 Å². The third-order valence-corrected chi connectivity index (χ3v) is 8.33. The van der Waals surface area contributed by atoms with Crippen LogP contribution in [0.5, 0.6) is 0 Å². The first-order valence-corrected chi connectivity index (χ1v) is 13.4. The number of nitrogens with one attached hydrogen (secondary N) is 1. The van der Waals surface area contributed by atoms with Gasteiger partial charge in [0.1, 0.15) is 5.82 Å². The molecule has 0 aromatic heterocycles. The summed E-state index contributed by atoms with van der Waals surface area (Å²) in [4.78, 5) is 13.3. The van der Waals surface area contributed by atoms with Crippen LogP contribution in [0, 0.1) is 17.7 Å². The summed E-state index contributed by atoms with van der Waals surface area (Å²) in [6.07, 6.45) is 4.81. The van der Waals surface area contributed by atoms with Crippen LogP contribution >= 0.6 is 0 Å². The Bertz CT molecular complexity index is 1100. The smallest absolute Gasteiger partial charge is 0.224 e. The van der Waals surface area contributed by atoms with Crippen molar-refractivity contribution in [3.05, 3.63) is 65.5 Å². The number of carbonyl (C=O) groups is 1. The maximum atomic E-state index is 13.2. The van der Waals surface area contributed by atoms with E-state index in [1.54, 1.807) is 24.3 Å². The molecule has 0 unspecified atom stereocenters. The number of benzene rings is 2. The van der Waals surface area contributed by atoms with Gasteiger partial charge in [-0.25, -0.2) is 12.8 Å². The van der Waals surface area contributed by atoms with E-state index in [1.165, 1.54) is 18.4 Å². The number of sulfone groups is 1. The third-order valence-electron chi connectivity index (χ3n) is 7.20. The number of rotatable bonds is 5. The van der Waals surface area contributed by atoms with Crippen molar-refractivity contribution in [3.8, 4) is 0 Å². The second-order valence-corrected chi connectivity index (χ2v) is 12.0. The number of hydrogen-bond acceptors (Lipinski definition) is 4. The second-order valence-electron chi connectivity index (χ2n) is 10.0. The highest BCUT2D eigenvalue weighted by Gasteiger charge is 2.49. The molecule has 1 heterocycles. The topological polar surface area (TPSA) is 72.5 Å². The number of amides is 1. The maximum absolute atomic E-state index is 13.2. The molecule has 1 amide bonds. The van der Waals surface area contributed by atoms with E-state index in [0.717, 1.165) is 30.4 Å². The lowest BCUT2D eigenvalue weighted by molar-refractivity contribution is -0.153. The van der Waals surface area contributed by atoms with Crippen molar-refractivity contribution in [2.45, 2.75) is 68.6 Å². The molecule has 2 aromatic carbocycles. The van der Waals surface area contributed by atoms with Crippen molar-refractivity contribution >= 4 is 15.7 Å². The molecule has 2 fully saturated rings. The Morgan fingerprint density at radius 3 is 2.42 bits per heavy atom. The van der Waals surface area contributed by atoms with Crippen molar-refractivity contribution in [3.63, 3.8) is 0 Å². The fraction of sp³-hybridized carbons (Fsp3) is 0.500. The van der Waals surface area contributed by atoms with Crippen molar-refractivity contribution in [1.82, 2.24) is 5.32 Å². The van der Waals surface area contributed by atoms with Crippen LogP contribution in [0.4, 0.5) is 4.39 Å². The molecule has 1 saturated heterocycles. The van der Waals surface area contributed by atoms with E-state index >= 15 is 0 Å². The zero-order chi connectivity index (χ0) is 23.8. The van der Waals surface area contributed by atoms with E-state index in [0.29, 0.717) is 12.3 Å². The normalized spacial score (nSPS) is 29.8. The zero-order valence-corrected chi connectivity index (χ0v) is 20.2. The van der Waals surface area contributed by atoms with Crippen molar-refractivity contribution < 1.29 is 22.3 Å². The van der Waals surface area contributed by atoms with Gasteiger partial charge < -0.3 is 10.1 Å². The molecule has 178 valence electrons. The predicted molar refractivity (Wildman–Crippen MR) is 125 cm³/mol. The largest absolute Gasteiger partial charge is 0.370 e. The summed E-state index contributed by atoms with van der Waals surface area (Å²) < 4.78 is 43.4. The van der Waals surface area contributed by atoms with Crippen LogP contribution in [-0.4, -0.2) is 32.2 Å². The SMILES string of the molecule is C[C@H]1CC[C@H]2[C@H](C1)O[C@H](c1ccc(S(C)(=O)=O)cc1)C[C@]2(C)NC(=O)Cc1ccc(F)cc1. The van der Waals surface area contributed by atoms with Crippen molar-refractivity contribution in [1.29, 1.82) is 0 Å². The fourth-order valence-electron chi connectivity index (χ4n) is 5.42. The molecule has 0 spiro atoms. The number of hydrogen-bond donors (Lipinski definition) is 1. The van der Waals surface area contributed by atoms with Gasteiger partial charge in [-0.3, -0.25) is 4.79 Å². The average molecular weight is 474 g/mol. The minimum absolute atomic E-state index is 0.0261. The van der Waals surface area contributed by atoms with Crippen LogP contribution in [0.3, 0.4) is 0 Å². The summed E-state index contributed by atoms with van der Waals surface area (Å²) in [5, 5.41) is 3.30. The standard InChI is InChI=1S/C26H32FNO4S/c1-17-4-13-22-23(14-17)32-24(19-7-11-21(12-8-19)33(3,30)31)16-26(22,2)28-25(29)15-18-5-9-20(27)10-6-18/h5-12,17,22-24H,4,13-16H2,1-3H3,(H,28,29)/t17-,22-,23-,24-,26-/m0/s1. The van der Waals surface area contributed by atoms with Gasteiger partial charge in [0.15, 0.2) is 9.84 Å². The highest BCUT2D eigenvalue weighted by atomic mass is 32.2. The molecule has 1 saturated carbocycles. The van der Waals surface area contributed by atoms with Gasteiger partial charge in [-0.15, -0.1) is 0 Å². The Balaban J connectivity index is 1.56. The predicted octanol–water partition coefficient (Wildman–Crippen LogP) is 4.61. The van der Waals surface area contributed by atoms with Crippen LogP contribution < -0.4 is 5.32 Å². The van der Waals surface area contributed by atoms with Crippen molar-refractivity contribution in [2.24, 2.45) is 11.8 Å². The van der Waals surface area contributed by atoms with Gasteiger partial charge >= 0.3 is 0 Å². The number of fused-ring (bicyclic) bond motifs is 1. The van der Waals surface area contributed by atoms with Crippen LogP contribution in [0.15, 0.2) is 53.4 Å². The summed E-state index contributed by atoms with van der Waals surface area (Å²) >= 11 is 0. The summed E-state index contributed by atoms with van der Waals surface area (Å²) in [5.41, 5.74) is 1.23. The summed E-state index contributed by atoms with van der Waals surface area (Å²) in [5.74, 6) is 0.350. The number of ether oxygens (including phenoxy) is 1. The Morgan fingerprint density at radius 1 is 1.12 bits per heavy atom. The van der Waals surface area contributed by atoms with Gasteiger partial charge in [0.2, 0.25) is 5.91 Å². The molecule has 0 radical (unpaired) electrons. The summed E-state index contributed by atoms with van der Waals surface area (Å²) in [6, 6.07) is 12.9. The number of halogens is 1. The van der Waals surface area contributed by atoms with Crippen molar-refractivity contribution in [2.75, 3.05) is 6.26 Å². The van der Waals surface area contributed by atoms with Crippen LogP contribution in [0.2, 0.25) is 0 Å². The molecule has 0 bridgehead atoms. The van der Waals surface area contributed by atoms with E-state index in [1.807, 2.05) is 12.1 Å². The van der Waals surface area contributed by atoms with Gasteiger partial charge in [-0.2, -0.15) is 0 Å². The minimum Gasteiger partial charge on any atom is -0.370 e. The maximum Gasteiger partial charge on any atom is 0.224 e. The van der Waals surface area contributed by atoms with Crippen LogP contribution in [0.25, 0.3) is 0 Å². The average Bonchev–Trinajstić information content (AvgIpc) is 2.74. The monoisotopic (exact) mass is 473 g/mol. The molecule has 2 aliphatic rings. The lowest BCUT2D eigenvalue weighted by Crippen LogP contribution is -2.60. The molecule has 7 heteroatoms. The first-order chi connectivity index (χ1) is 15.5. The molecular weight excluding hydrogens is 441 g/mol. The van der Waals surface area contributed by atoms with E-state index < -0.39 is 15.4 Å². The third kappa shape index (κ3) is 5.46. The first kappa shape index (κ1) is 23.9. The molecule has 1 N–H and O–H groups in total.